The molecule has 1 aromatic heterocycles. The topological polar surface area (TPSA) is 102 Å². The number of aromatic hydroxyl groups is 2. The number of hydrogen-bond acceptors (Lipinski definition) is 5. The summed E-state index contributed by atoms with van der Waals surface area (Å²) in [7, 11) is 0. The van der Waals surface area contributed by atoms with Gasteiger partial charge in [-0.25, -0.2) is 4.98 Å². The van der Waals surface area contributed by atoms with Crippen molar-refractivity contribution in [2.24, 2.45) is 0 Å². The molecule has 0 amide bonds. The van der Waals surface area contributed by atoms with Gasteiger partial charge in [0.15, 0.2) is 17.3 Å². The largest absolute Gasteiger partial charge is 0.504 e. The summed E-state index contributed by atoms with van der Waals surface area (Å²) in [6, 6.07) is 4.59. The second-order valence-electron chi connectivity index (χ2n) is 8.33. The normalized spacial score (nSPS) is 12.6. The third-order valence-electron chi connectivity index (χ3n) is 5.52. The summed E-state index contributed by atoms with van der Waals surface area (Å²) in [6.45, 7) is 2.21. The first-order valence-electron chi connectivity index (χ1n) is 11.9. The number of nitrogens with zero attached hydrogens (tertiary/aromatic N) is 2. The number of phenolic OH excluding ortho intramolecular Hbond substituents is 2. The molecule has 0 aliphatic rings. The number of allylic oxidation sites excluding steroid dienone is 1. The van der Waals surface area contributed by atoms with Crippen LogP contribution in [0.2, 0.25) is 0 Å². The van der Waals surface area contributed by atoms with Crippen LogP contribution in [0.1, 0.15) is 89.8 Å². The Morgan fingerprint density at radius 3 is 2.52 bits per heavy atom. The number of aliphatic hydroxyl groups excluding tert-OH is 1. The Hall–Kier alpha value is -2.34. The molecule has 0 bridgehead atoms. The van der Waals surface area contributed by atoms with E-state index in [-0.39, 0.29) is 17.6 Å². The average Bonchev–Trinajstić information content (AvgIpc) is 3.23. The van der Waals surface area contributed by atoms with E-state index in [1.165, 1.54) is 50.7 Å². The highest BCUT2D eigenvalue weighted by atomic mass is 16.3. The first-order chi connectivity index (χ1) is 15.1. The predicted octanol–water partition coefficient (Wildman–Crippen LogP) is 6.04. The Kier molecular flexibility index (Phi) is 11.8. The quantitative estimate of drug-likeness (QED) is 0.148. The zero-order valence-corrected chi connectivity index (χ0v) is 18.9. The van der Waals surface area contributed by atoms with E-state index in [1.807, 2.05) is 0 Å². The molecule has 4 N–H and O–H groups in total. The minimum Gasteiger partial charge on any atom is -0.504 e. The van der Waals surface area contributed by atoms with Crippen LogP contribution in [0, 0.1) is 0 Å². The third kappa shape index (κ3) is 10.0. The number of nitrogens with one attached hydrogen (secondary N) is 1. The zero-order chi connectivity index (χ0) is 22.3. The average molecular weight is 430 g/mol. The van der Waals surface area contributed by atoms with E-state index < -0.39 is 0 Å². The molecule has 0 unspecified atom stereocenters. The molecule has 0 spiro atoms. The van der Waals surface area contributed by atoms with Crippen LogP contribution in [0.15, 0.2) is 30.4 Å². The number of aryl methyl sites for hydroxylation is 1. The van der Waals surface area contributed by atoms with Gasteiger partial charge in [-0.2, -0.15) is 5.10 Å². The summed E-state index contributed by atoms with van der Waals surface area (Å²) in [5.74, 6) is 1.06. The van der Waals surface area contributed by atoms with Crippen molar-refractivity contribution in [2.75, 3.05) is 0 Å². The zero-order valence-electron chi connectivity index (χ0n) is 18.9. The fraction of sp³-hybridized carbons (Fsp3) is 0.600. The highest BCUT2D eigenvalue weighted by Crippen LogP contribution is 2.28. The summed E-state index contributed by atoms with van der Waals surface area (Å²) in [4.78, 5) is 4.47. The summed E-state index contributed by atoms with van der Waals surface area (Å²) < 4.78 is 0. The van der Waals surface area contributed by atoms with Gasteiger partial charge in [-0.1, -0.05) is 64.0 Å². The van der Waals surface area contributed by atoms with Crippen molar-refractivity contribution in [1.29, 1.82) is 0 Å². The minimum atomic E-state index is -0.176. The van der Waals surface area contributed by atoms with Crippen molar-refractivity contribution in [3.05, 3.63) is 36.2 Å². The Labute approximate surface area is 186 Å². The molecule has 6 heteroatoms. The number of rotatable bonds is 16. The molecule has 0 fully saturated rings. The van der Waals surface area contributed by atoms with Gasteiger partial charge in [0.1, 0.15) is 5.82 Å². The van der Waals surface area contributed by atoms with Gasteiger partial charge in [-0.05, 0) is 50.3 Å². The maximum Gasteiger partial charge on any atom is 0.181 e. The SMILES string of the molecule is CCCCCC[C@@H](O)C/C=C\CCCCCCCc1nc(-c2ccc(O)c(O)c2)n[nH]1. The highest BCUT2D eigenvalue weighted by Gasteiger charge is 2.08. The van der Waals surface area contributed by atoms with E-state index in [2.05, 4.69) is 34.3 Å². The first-order valence-corrected chi connectivity index (χ1v) is 11.9. The lowest BCUT2D eigenvalue weighted by Crippen LogP contribution is -2.04. The van der Waals surface area contributed by atoms with Gasteiger partial charge in [0.2, 0.25) is 0 Å². The van der Waals surface area contributed by atoms with Gasteiger partial charge in [-0.15, -0.1) is 0 Å². The van der Waals surface area contributed by atoms with Crippen LogP contribution in [0.4, 0.5) is 0 Å². The number of phenols is 2. The van der Waals surface area contributed by atoms with Crippen LogP contribution in [0.3, 0.4) is 0 Å². The second kappa shape index (κ2) is 14.6. The van der Waals surface area contributed by atoms with Crippen LogP contribution >= 0.6 is 0 Å². The fourth-order valence-electron chi connectivity index (χ4n) is 3.58. The summed E-state index contributed by atoms with van der Waals surface area (Å²) in [6.07, 6.45) is 18.6. The van der Waals surface area contributed by atoms with Crippen molar-refractivity contribution >= 4 is 0 Å². The van der Waals surface area contributed by atoms with E-state index >= 15 is 0 Å². The molecule has 1 aromatic carbocycles. The molecular weight excluding hydrogens is 390 g/mol. The number of aromatic amines is 1. The van der Waals surface area contributed by atoms with Crippen molar-refractivity contribution in [1.82, 2.24) is 15.2 Å². The first kappa shape index (κ1) is 24.9. The summed E-state index contributed by atoms with van der Waals surface area (Å²) >= 11 is 0. The van der Waals surface area contributed by atoms with Crippen molar-refractivity contribution < 1.29 is 15.3 Å². The lowest BCUT2D eigenvalue weighted by atomic mass is 10.1. The number of unbranched alkanes of at least 4 members (excludes halogenated alkanes) is 8. The fourth-order valence-corrected chi connectivity index (χ4v) is 3.58. The molecule has 2 rings (SSSR count). The maximum absolute atomic E-state index is 9.95. The Morgan fingerprint density at radius 1 is 0.935 bits per heavy atom. The van der Waals surface area contributed by atoms with Gasteiger partial charge in [0, 0.05) is 12.0 Å². The summed E-state index contributed by atoms with van der Waals surface area (Å²) in [5, 5.41) is 36.1. The lowest BCUT2D eigenvalue weighted by Gasteiger charge is -2.07. The van der Waals surface area contributed by atoms with Crippen LogP contribution in [0.5, 0.6) is 11.5 Å². The number of H-pyrrole nitrogens is 1. The summed E-state index contributed by atoms with van der Waals surface area (Å²) in [5.41, 5.74) is 0.676. The van der Waals surface area contributed by atoms with E-state index in [1.54, 1.807) is 6.07 Å². The van der Waals surface area contributed by atoms with Crippen molar-refractivity contribution in [3.63, 3.8) is 0 Å². The molecule has 2 aromatic rings. The molecular formula is C25H39N3O3. The van der Waals surface area contributed by atoms with Gasteiger partial charge < -0.3 is 15.3 Å². The molecule has 0 aliphatic carbocycles. The Balaban J connectivity index is 1.49. The maximum atomic E-state index is 9.95. The molecule has 0 radical (unpaired) electrons. The third-order valence-corrected chi connectivity index (χ3v) is 5.52. The molecule has 1 atom stereocenters. The van der Waals surface area contributed by atoms with Crippen LogP contribution in [0.25, 0.3) is 11.4 Å². The molecule has 0 saturated carbocycles. The van der Waals surface area contributed by atoms with E-state index in [0.717, 1.165) is 50.8 Å². The lowest BCUT2D eigenvalue weighted by molar-refractivity contribution is 0.163. The number of aromatic nitrogens is 3. The van der Waals surface area contributed by atoms with Gasteiger partial charge >= 0.3 is 0 Å². The van der Waals surface area contributed by atoms with E-state index in [0.29, 0.717) is 11.4 Å². The van der Waals surface area contributed by atoms with Gasteiger partial charge in [0.25, 0.3) is 0 Å². The van der Waals surface area contributed by atoms with E-state index in [4.69, 9.17) is 0 Å². The van der Waals surface area contributed by atoms with Crippen LogP contribution < -0.4 is 0 Å². The Morgan fingerprint density at radius 2 is 1.71 bits per heavy atom. The number of hydrogen-bond donors (Lipinski definition) is 4. The van der Waals surface area contributed by atoms with Crippen LogP contribution in [-0.4, -0.2) is 36.6 Å². The Bertz CT molecular complexity index is 773. The van der Waals surface area contributed by atoms with Crippen molar-refractivity contribution in [3.8, 4) is 22.9 Å². The van der Waals surface area contributed by atoms with Gasteiger partial charge in [-0.3, -0.25) is 5.10 Å². The number of benzene rings is 1. The van der Waals surface area contributed by atoms with E-state index in [9.17, 15) is 15.3 Å². The minimum absolute atomic E-state index is 0.148. The van der Waals surface area contributed by atoms with Crippen LogP contribution in [-0.2, 0) is 6.42 Å². The molecule has 172 valence electrons. The molecule has 31 heavy (non-hydrogen) atoms. The predicted molar refractivity (Wildman–Crippen MR) is 125 cm³/mol. The van der Waals surface area contributed by atoms with Crippen molar-refractivity contribution in [2.45, 2.75) is 96.5 Å². The second-order valence-corrected chi connectivity index (χ2v) is 8.33. The standard InChI is InChI=1S/C25H39N3O3/c1-2-3-4-11-14-21(29)15-12-9-7-5-6-8-10-13-16-24-26-25(28-27-24)20-17-18-22(30)23(31)19-20/h9,12,17-19,21,29-31H,2-8,10-11,13-16H2,1H3,(H,26,27,28)/b12-9-/t21-/m1/s1. The molecule has 1 heterocycles. The highest BCUT2D eigenvalue weighted by molar-refractivity contribution is 5.60. The molecule has 0 saturated heterocycles. The molecule has 6 nitrogen and oxygen atoms in total. The smallest absolute Gasteiger partial charge is 0.181 e. The monoisotopic (exact) mass is 429 g/mol. The van der Waals surface area contributed by atoms with Gasteiger partial charge in [0.05, 0.1) is 6.10 Å². The molecule has 0 aliphatic heterocycles. The number of aliphatic hydroxyl groups is 1.